The van der Waals surface area contributed by atoms with Gasteiger partial charge in [0.1, 0.15) is 17.1 Å². The maximum atomic E-state index is 13.9. The molecule has 0 unspecified atom stereocenters. The number of nitrogens with one attached hydrogen (secondary N) is 1. The van der Waals surface area contributed by atoms with Crippen LogP contribution in [0.4, 0.5) is 10.1 Å². The zero-order valence-electron chi connectivity index (χ0n) is 18.2. The molecule has 0 fully saturated rings. The summed E-state index contributed by atoms with van der Waals surface area (Å²) in [6, 6.07) is 11.5. The number of anilines is 1. The van der Waals surface area contributed by atoms with Crippen molar-refractivity contribution in [3.63, 3.8) is 0 Å². The van der Waals surface area contributed by atoms with E-state index in [1.165, 1.54) is 33.7 Å². The van der Waals surface area contributed by atoms with Crippen LogP contribution in [0.15, 0.2) is 56.4 Å². The predicted molar refractivity (Wildman–Crippen MR) is 130 cm³/mol. The minimum absolute atomic E-state index is 0.158. The van der Waals surface area contributed by atoms with Gasteiger partial charge in [0.2, 0.25) is 5.91 Å². The monoisotopic (exact) mass is 484 g/mol. The molecule has 0 saturated carbocycles. The number of amides is 1. The molecule has 2 aromatic heterocycles. The summed E-state index contributed by atoms with van der Waals surface area (Å²) in [4.78, 5) is 43.7. The van der Waals surface area contributed by atoms with E-state index in [-0.39, 0.29) is 22.6 Å². The maximum absolute atomic E-state index is 13.9. The Morgan fingerprint density at radius 1 is 1.18 bits per heavy atom. The normalized spacial score (nSPS) is 11.2. The Balaban J connectivity index is 1.81. The first-order valence-electron chi connectivity index (χ1n) is 10.2. The van der Waals surface area contributed by atoms with E-state index in [1.807, 2.05) is 25.3 Å². The number of aromatic nitrogens is 3. The van der Waals surface area contributed by atoms with Gasteiger partial charge in [0, 0.05) is 5.69 Å². The van der Waals surface area contributed by atoms with Crippen molar-refractivity contribution in [1.82, 2.24) is 14.1 Å². The third-order valence-electron chi connectivity index (χ3n) is 5.20. The maximum Gasteiger partial charge on any atom is 0.337 e. The molecule has 0 spiro atoms. The highest BCUT2D eigenvalue weighted by molar-refractivity contribution is 8.00. The molecular formula is C23H21FN4O3S2. The number of nitrogens with zero attached hydrogens (tertiary/aromatic N) is 3. The fraction of sp³-hybridized carbons (Fsp3) is 0.217. The van der Waals surface area contributed by atoms with Crippen LogP contribution in [0.2, 0.25) is 0 Å². The van der Waals surface area contributed by atoms with Crippen LogP contribution < -0.4 is 16.6 Å². The molecule has 0 radical (unpaired) electrons. The Morgan fingerprint density at radius 2 is 1.91 bits per heavy atom. The Bertz CT molecular complexity index is 1470. The third-order valence-corrected chi connectivity index (χ3v) is 7.22. The summed E-state index contributed by atoms with van der Waals surface area (Å²) < 4.78 is 17.0. The van der Waals surface area contributed by atoms with Gasteiger partial charge in [0.25, 0.3) is 5.56 Å². The number of thiazole rings is 1. The molecule has 170 valence electrons. The van der Waals surface area contributed by atoms with E-state index in [4.69, 9.17) is 0 Å². The molecule has 1 N–H and O–H groups in total. The van der Waals surface area contributed by atoms with Gasteiger partial charge in [-0.2, -0.15) is 0 Å². The summed E-state index contributed by atoms with van der Waals surface area (Å²) in [5, 5.41) is 2.60. The van der Waals surface area contributed by atoms with Crippen LogP contribution >= 0.6 is 23.1 Å². The predicted octanol–water partition coefficient (Wildman–Crippen LogP) is 3.98. The van der Waals surface area contributed by atoms with Crippen molar-refractivity contribution in [2.75, 3.05) is 11.6 Å². The molecule has 0 bridgehead atoms. The van der Waals surface area contributed by atoms with E-state index < -0.39 is 23.0 Å². The van der Waals surface area contributed by atoms with Crippen LogP contribution in [0, 0.1) is 12.7 Å². The number of halogens is 1. The molecule has 1 amide bonds. The second-order valence-electron chi connectivity index (χ2n) is 7.38. The van der Waals surface area contributed by atoms with E-state index >= 15 is 0 Å². The molecule has 0 aliphatic carbocycles. The number of benzene rings is 2. The minimum Gasteiger partial charge on any atom is -0.324 e. The van der Waals surface area contributed by atoms with Crippen molar-refractivity contribution in [2.24, 2.45) is 0 Å². The molecular weight excluding hydrogens is 463 g/mol. The second-order valence-corrected chi connectivity index (χ2v) is 9.43. The summed E-state index contributed by atoms with van der Waals surface area (Å²) in [7, 11) is 0. The van der Waals surface area contributed by atoms with Crippen LogP contribution in [-0.2, 0) is 17.8 Å². The standard InChI is InChI=1S/C23H21FN4O3S2/c1-4-14-6-9-16(10-7-14)28-21(30)19-20(26-22(32-3)33-19)27(23(28)31)12-18(29)25-15-8-5-13(2)17(24)11-15/h5-11H,4,12H2,1-3H3,(H,25,29). The zero-order valence-corrected chi connectivity index (χ0v) is 19.8. The van der Waals surface area contributed by atoms with Gasteiger partial charge in [0.15, 0.2) is 9.99 Å². The fourth-order valence-corrected chi connectivity index (χ4v) is 4.86. The van der Waals surface area contributed by atoms with E-state index in [0.717, 1.165) is 16.6 Å². The number of thioether (sulfide) groups is 1. The molecule has 2 aromatic carbocycles. The lowest BCUT2D eigenvalue weighted by molar-refractivity contribution is -0.116. The van der Waals surface area contributed by atoms with E-state index in [9.17, 15) is 18.8 Å². The molecule has 4 rings (SSSR count). The number of hydrogen-bond acceptors (Lipinski definition) is 6. The summed E-state index contributed by atoms with van der Waals surface area (Å²) in [6.07, 6.45) is 2.64. The molecule has 4 aromatic rings. The molecule has 2 heterocycles. The van der Waals surface area contributed by atoms with Crippen molar-refractivity contribution in [1.29, 1.82) is 0 Å². The number of aryl methyl sites for hydroxylation is 2. The third kappa shape index (κ3) is 4.49. The fourth-order valence-electron chi connectivity index (χ4n) is 3.37. The van der Waals surface area contributed by atoms with Gasteiger partial charge in [-0.15, -0.1) is 11.3 Å². The molecule has 0 aliphatic heterocycles. The summed E-state index contributed by atoms with van der Waals surface area (Å²) in [6.45, 7) is 3.26. The van der Waals surface area contributed by atoms with Gasteiger partial charge in [0.05, 0.1) is 5.69 Å². The highest BCUT2D eigenvalue weighted by Gasteiger charge is 2.20. The largest absolute Gasteiger partial charge is 0.337 e. The highest BCUT2D eigenvalue weighted by atomic mass is 32.2. The van der Waals surface area contributed by atoms with Crippen LogP contribution in [-0.4, -0.2) is 26.3 Å². The Kier molecular flexibility index (Phi) is 6.48. The van der Waals surface area contributed by atoms with Gasteiger partial charge >= 0.3 is 5.69 Å². The second kappa shape index (κ2) is 9.32. The van der Waals surface area contributed by atoms with Crippen LogP contribution in [0.3, 0.4) is 0 Å². The molecule has 0 atom stereocenters. The van der Waals surface area contributed by atoms with Crippen LogP contribution in [0.1, 0.15) is 18.1 Å². The first-order chi connectivity index (χ1) is 15.8. The molecule has 10 heteroatoms. The van der Waals surface area contributed by atoms with Gasteiger partial charge in [-0.3, -0.25) is 14.2 Å². The molecule has 0 aliphatic rings. The lowest BCUT2D eigenvalue weighted by Gasteiger charge is -2.12. The molecule has 7 nitrogen and oxygen atoms in total. The van der Waals surface area contributed by atoms with Gasteiger partial charge in [-0.1, -0.05) is 36.9 Å². The lowest BCUT2D eigenvalue weighted by atomic mass is 10.1. The number of rotatable bonds is 6. The SMILES string of the molecule is CCc1ccc(-n2c(=O)c3sc(SC)nc3n(CC(=O)Nc3ccc(C)c(F)c3)c2=O)cc1. The summed E-state index contributed by atoms with van der Waals surface area (Å²) in [5.41, 5.74) is 1.23. The minimum atomic E-state index is -0.667. The Hall–Kier alpha value is -3.24. The average molecular weight is 485 g/mol. The van der Waals surface area contributed by atoms with Gasteiger partial charge < -0.3 is 5.32 Å². The Morgan fingerprint density at radius 3 is 2.55 bits per heavy atom. The van der Waals surface area contributed by atoms with Crippen molar-refractivity contribution in [2.45, 2.75) is 31.2 Å². The van der Waals surface area contributed by atoms with Crippen molar-refractivity contribution >= 4 is 45.0 Å². The molecule has 33 heavy (non-hydrogen) atoms. The Labute approximate surface area is 196 Å². The van der Waals surface area contributed by atoms with Gasteiger partial charge in [-0.05, 0) is 55.0 Å². The van der Waals surface area contributed by atoms with Crippen LogP contribution in [0.5, 0.6) is 0 Å². The van der Waals surface area contributed by atoms with E-state index in [1.54, 1.807) is 31.2 Å². The van der Waals surface area contributed by atoms with E-state index in [0.29, 0.717) is 15.6 Å². The average Bonchev–Trinajstić information content (AvgIpc) is 3.24. The summed E-state index contributed by atoms with van der Waals surface area (Å²) >= 11 is 2.53. The lowest BCUT2D eigenvalue weighted by Crippen LogP contribution is -2.40. The smallest absolute Gasteiger partial charge is 0.324 e. The van der Waals surface area contributed by atoms with Crippen LogP contribution in [0.25, 0.3) is 16.0 Å². The number of carbonyl (C=O) groups excluding carboxylic acids is 1. The first kappa shape index (κ1) is 22.9. The topological polar surface area (TPSA) is 86.0 Å². The number of hydrogen-bond donors (Lipinski definition) is 1. The molecule has 0 saturated heterocycles. The number of carbonyl (C=O) groups is 1. The van der Waals surface area contributed by atoms with E-state index in [2.05, 4.69) is 10.3 Å². The quantitative estimate of drug-likeness (QED) is 0.419. The number of fused-ring (bicyclic) bond motifs is 1. The zero-order chi connectivity index (χ0) is 23.7. The highest BCUT2D eigenvalue weighted by Crippen LogP contribution is 2.25. The van der Waals surface area contributed by atoms with Gasteiger partial charge in [-0.25, -0.2) is 18.7 Å². The van der Waals surface area contributed by atoms with Crippen molar-refractivity contribution < 1.29 is 9.18 Å². The first-order valence-corrected chi connectivity index (χ1v) is 12.2. The van der Waals surface area contributed by atoms with Crippen molar-refractivity contribution in [3.8, 4) is 5.69 Å². The van der Waals surface area contributed by atoms with Crippen molar-refractivity contribution in [3.05, 3.63) is 80.2 Å². The summed E-state index contributed by atoms with van der Waals surface area (Å²) in [5.74, 6) is -0.979.